The van der Waals surface area contributed by atoms with Crippen molar-refractivity contribution in [2.75, 3.05) is 6.61 Å². The molecule has 3 rings (SSSR count). The summed E-state index contributed by atoms with van der Waals surface area (Å²) in [5.74, 6) is 0.0461. The first kappa shape index (κ1) is 21.9. The predicted octanol–water partition coefficient (Wildman–Crippen LogP) is 4.92. The SMILES string of the molecule is CCOC(=O)[C@H](C)Sc1nnc(Cc2ccccc2)n1-c1cccc(C(F)(F)F)c1. The summed E-state index contributed by atoms with van der Waals surface area (Å²) in [5, 5.41) is 8.07. The van der Waals surface area contributed by atoms with Gasteiger partial charge in [0.15, 0.2) is 5.16 Å². The number of thioether (sulfide) groups is 1. The maximum Gasteiger partial charge on any atom is 0.416 e. The van der Waals surface area contributed by atoms with Crippen LogP contribution >= 0.6 is 11.8 Å². The van der Waals surface area contributed by atoms with E-state index in [1.807, 2.05) is 30.3 Å². The number of benzene rings is 2. The molecule has 0 bridgehead atoms. The zero-order valence-corrected chi connectivity index (χ0v) is 17.2. The largest absolute Gasteiger partial charge is 0.465 e. The molecule has 0 aliphatic heterocycles. The monoisotopic (exact) mass is 435 g/mol. The van der Waals surface area contributed by atoms with E-state index >= 15 is 0 Å². The summed E-state index contributed by atoms with van der Waals surface area (Å²) in [6.07, 6.45) is -4.10. The first-order valence-corrected chi connectivity index (χ1v) is 10.2. The summed E-state index contributed by atoms with van der Waals surface area (Å²) in [6.45, 7) is 3.60. The second-order valence-electron chi connectivity index (χ2n) is 6.46. The minimum absolute atomic E-state index is 0.239. The molecular weight excluding hydrogens is 415 g/mol. The summed E-state index contributed by atoms with van der Waals surface area (Å²) in [4.78, 5) is 12.0. The van der Waals surface area contributed by atoms with Crippen LogP contribution in [0.3, 0.4) is 0 Å². The fraction of sp³-hybridized carbons (Fsp3) is 0.286. The molecule has 0 saturated heterocycles. The molecule has 5 nitrogen and oxygen atoms in total. The van der Waals surface area contributed by atoms with Crippen molar-refractivity contribution in [1.82, 2.24) is 14.8 Å². The normalized spacial score (nSPS) is 12.6. The number of esters is 1. The molecule has 1 heterocycles. The van der Waals surface area contributed by atoms with Crippen LogP contribution < -0.4 is 0 Å². The summed E-state index contributed by atoms with van der Waals surface area (Å²) in [7, 11) is 0. The van der Waals surface area contributed by atoms with Gasteiger partial charge < -0.3 is 4.74 Å². The van der Waals surface area contributed by atoms with Gasteiger partial charge in [0.1, 0.15) is 11.1 Å². The first-order chi connectivity index (χ1) is 14.3. The number of nitrogens with zero attached hydrogens (tertiary/aromatic N) is 3. The van der Waals surface area contributed by atoms with Gasteiger partial charge in [0.05, 0.1) is 17.9 Å². The third kappa shape index (κ3) is 5.21. The molecule has 0 aliphatic rings. The molecule has 0 fully saturated rings. The maximum atomic E-state index is 13.3. The molecule has 1 aromatic heterocycles. The molecule has 2 aromatic carbocycles. The summed E-state index contributed by atoms with van der Waals surface area (Å²) in [5.41, 5.74) is 0.446. The highest BCUT2D eigenvalue weighted by molar-refractivity contribution is 8.00. The molecule has 0 unspecified atom stereocenters. The third-order valence-electron chi connectivity index (χ3n) is 4.24. The Bertz CT molecular complexity index is 1010. The van der Waals surface area contributed by atoms with Gasteiger partial charge in [0, 0.05) is 6.42 Å². The molecule has 0 amide bonds. The molecule has 1 atom stereocenters. The van der Waals surface area contributed by atoms with Crippen molar-refractivity contribution in [2.45, 2.75) is 36.9 Å². The molecule has 0 spiro atoms. The lowest BCUT2D eigenvalue weighted by molar-refractivity contribution is -0.142. The second-order valence-corrected chi connectivity index (χ2v) is 7.76. The number of ether oxygens (including phenoxy) is 1. The van der Waals surface area contributed by atoms with E-state index in [1.54, 1.807) is 24.5 Å². The Morgan fingerprint density at radius 2 is 1.87 bits per heavy atom. The van der Waals surface area contributed by atoms with Gasteiger partial charge in [-0.1, -0.05) is 48.2 Å². The molecule has 0 N–H and O–H groups in total. The maximum absolute atomic E-state index is 13.3. The van der Waals surface area contributed by atoms with Crippen molar-refractivity contribution >= 4 is 17.7 Å². The third-order valence-corrected chi connectivity index (χ3v) is 5.26. The number of rotatable bonds is 7. The fourth-order valence-electron chi connectivity index (χ4n) is 2.82. The molecule has 0 radical (unpaired) electrons. The van der Waals surface area contributed by atoms with E-state index in [1.165, 1.54) is 6.07 Å². The van der Waals surface area contributed by atoms with Crippen LogP contribution in [-0.2, 0) is 22.1 Å². The zero-order valence-electron chi connectivity index (χ0n) is 16.4. The molecule has 9 heteroatoms. The highest BCUT2D eigenvalue weighted by Crippen LogP contribution is 2.32. The Morgan fingerprint density at radius 3 is 2.53 bits per heavy atom. The van der Waals surface area contributed by atoms with Crippen molar-refractivity contribution < 1.29 is 22.7 Å². The quantitative estimate of drug-likeness (QED) is 0.389. The Balaban J connectivity index is 2.03. The van der Waals surface area contributed by atoms with Gasteiger partial charge in [-0.05, 0) is 37.6 Å². The van der Waals surface area contributed by atoms with E-state index < -0.39 is 23.0 Å². The van der Waals surface area contributed by atoms with Crippen molar-refractivity contribution in [3.63, 3.8) is 0 Å². The number of halogens is 3. The number of aromatic nitrogens is 3. The Morgan fingerprint density at radius 1 is 1.13 bits per heavy atom. The van der Waals surface area contributed by atoms with E-state index in [0.717, 1.165) is 29.5 Å². The summed E-state index contributed by atoms with van der Waals surface area (Å²) >= 11 is 1.09. The average Bonchev–Trinajstić information content (AvgIpc) is 3.10. The van der Waals surface area contributed by atoms with Crippen molar-refractivity contribution in [1.29, 1.82) is 0 Å². The van der Waals surface area contributed by atoms with E-state index in [-0.39, 0.29) is 12.3 Å². The fourth-order valence-corrected chi connectivity index (χ4v) is 3.70. The highest BCUT2D eigenvalue weighted by Gasteiger charge is 2.31. The topological polar surface area (TPSA) is 57.0 Å². The van der Waals surface area contributed by atoms with Crippen LogP contribution in [0.1, 0.15) is 30.8 Å². The minimum atomic E-state index is -4.48. The Hall–Kier alpha value is -2.81. The standard InChI is InChI=1S/C21H20F3N3O2S/c1-3-29-19(28)14(2)30-20-26-25-18(12-15-8-5-4-6-9-15)27(20)17-11-7-10-16(13-17)21(22,23)24/h4-11,13-14H,3,12H2,1-2H3/t14-/m0/s1. The van der Waals surface area contributed by atoms with Gasteiger partial charge >= 0.3 is 12.1 Å². The number of hydrogen-bond donors (Lipinski definition) is 0. The lowest BCUT2D eigenvalue weighted by atomic mass is 10.1. The molecular formula is C21H20F3N3O2S. The first-order valence-electron chi connectivity index (χ1n) is 9.28. The van der Waals surface area contributed by atoms with Crippen molar-refractivity contribution in [2.24, 2.45) is 0 Å². The number of carbonyl (C=O) groups is 1. The molecule has 0 aliphatic carbocycles. The number of carbonyl (C=O) groups excluding carboxylic acids is 1. The van der Waals surface area contributed by atoms with Crippen molar-refractivity contribution in [3.05, 3.63) is 71.5 Å². The van der Waals surface area contributed by atoms with Crippen LogP contribution in [0.5, 0.6) is 0 Å². The number of hydrogen-bond acceptors (Lipinski definition) is 5. The van der Waals surface area contributed by atoms with Gasteiger partial charge in [-0.3, -0.25) is 9.36 Å². The van der Waals surface area contributed by atoms with E-state index in [4.69, 9.17) is 4.74 Å². The van der Waals surface area contributed by atoms with Crippen LogP contribution in [-0.4, -0.2) is 32.6 Å². The summed E-state index contributed by atoms with van der Waals surface area (Å²) < 4.78 is 46.3. The highest BCUT2D eigenvalue weighted by atomic mass is 32.2. The van der Waals surface area contributed by atoms with Crippen LogP contribution in [0.4, 0.5) is 13.2 Å². The van der Waals surface area contributed by atoms with Gasteiger partial charge in [-0.2, -0.15) is 13.2 Å². The van der Waals surface area contributed by atoms with Crippen LogP contribution in [0.25, 0.3) is 5.69 Å². The molecule has 158 valence electrons. The van der Waals surface area contributed by atoms with Crippen LogP contribution in [0, 0.1) is 0 Å². The van der Waals surface area contributed by atoms with Gasteiger partial charge in [0.25, 0.3) is 0 Å². The molecule has 3 aromatic rings. The van der Waals surface area contributed by atoms with Crippen LogP contribution in [0.15, 0.2) is 59.8 Å². The molecule has 30 heavy (non-hydrogen) atoms. The lowest BCUT2D eigenvalue weighted by Gasteiger charge is -2.15. The van der Waals surface area contributed by atoms with Gasteiger partial charge in [0.2, 0.25) is 0 Å². The van der Waals surface area contributed by atoms with Crippen molar-refractivity contribution in [3.8, 4) is 5.69 Å². The van der Waals surface area contributed by atoms with Gasteiger partial charge in [-0.15, -0.1) is 10.2 Å². The van der Waals surface area contributed by atoms with E-state index in [2.05, 4.69) is 10.2 Å². The average molecular weight is 435 g/mol. The lowest BCUT2D eigenvalue weighted by Crippen LogP contribution is -2.17. The predicted molar refractivity (Wildman–Crippen MR) is 108 cm³/mol. The van der Waals surface area contributed by atoms with Crippen LogP contribution in [0.2, 0.25) is 0 Å². The zero-order chi connectivity index (χ0) is 21.7. The second kappa shape index (κ2) is 9.34. The smallest absolute Gasteiger partial charge is 0.416 e. The number of alkyl halides is 3. The summed E-state index contributed by atoms with van der Waals surface area (Å²) in [6, 6.07) is 14.4. The van der Waals surface area contributed by atoms with E-state index in [9.17, 15) is 18.0 Å². The Kier molecular flexibility index (Phi) is 6.81. The van der Waals surface area contributed by atoms with E-state index in [0.29, 0.717) is 17.4 Å². The molecule has 0 saturated carbocycles. The van der Waals surface area contributed by atoms with Gasteiger partial charge in [-0.25, -0.2) is 0 Å². The minimum Gasteiger partial charge on any atom is -0.465 e. The Labute approximate surface area is 176 Å².